The maximum absolute atomic E-state index is 13.0. The average molecular weight is 609 g/mol. The molecule has 0 N–H and O–H groups in total. The molecule has 12 nitrogen and oxygen atoms in total. The second kappa shape index (κ2) is 14.5. The number of ketones is 1. The number of ether oxygens (including phenoxy) is 4. The Kier molecular flexibility index (Phi) is 12.1. The molecule has 5 atom stereocenters. The van der Waals surface area contributed by atoms with Gasteiger partial charge in [0.2, 0.25) is 5.91 Å². The highest BCUT2D eigenvalue weighted by Gasteiger charge is 2.55. The predicted octanol–water partition coefficient (Wildman–Crippen LogP) is 4.63. The summed E-state index contributed by atoms with van der Waals surface area (Å²) in [5, 5.41) is 10.8. The molecule has 0 radical (unpaired) electrons. The third kappa shape index (κ3) is 8.77. The molecule has 1 unspecified atom stereocenters. The maximum atomic E-state index is 13.0. The van der Waals surface area contributed by atoms with E-state index in [4.69, 9.17) is 23.4 Å². The van der Waals surface area contributed by atoms with Crippen LogP contribution in [0.1, 0.15) is 58.8 Å². The topological polar surface area (TPSA) is 144 Å². The highest BCUT2D eigenvalue weighted by atomic mass is 28.4. The number of rotatable bonds is 13. The van der Waals surface area contributed by atoms with Crippen molar-refractivity contribution >= 4 is 31.7 Å². The summed E-state index contributed by atoms with van der Waals surface area (Å²) in [6, 6.07) is 5.08. The quantitative estimate of drug-likeness (QED) is 0.0776. The average Bonchev–Trinajstić information content (AvgIpc) is 3.23. The van der Waals surface area contributed by atoms with Gasteiger partial charge in [0.05, 0.1) is 23.7 Å². The van der Waals surface area contributed by atoms with Crippen molar-refractivity contribution in [3.05, 3.63) is 51.7 Å². The number of carbonyl (C=O) groups is 3. The molecule has 234 valence electrons. The molecule has 1 aliphatic rings. The molecule has 0 spiro atoms. The summed E-state index contributed by atoms with van der Waals surface area (Å²) in [5.74, 6) is -1.31. The molecule has 13 heteroatoms. The third-order valence-corrected chi connectivity index (χ3v) is 12.1. The van der Waals surface area contributed by atoms with Crippen LogP contribution >= 0.6 is 0 Å². The Morgan fingerprint density at radius 2 is 1.69 bits per heavy atom. The van der Waals surface area contributed by atoms with Crippen LogP contribution in [-0.2, 0) is 33.0 Å². The van der Waals surface area contributed by atoms with Gasteiger partial charge in [0.25, 0.3) is 5.69 Å². The van der Waals surface area contributed by atoms with E-state index < -0.39 is 49.9 Å². The first-order valence-electron chi connectivity index (χ1n) is 13.8. The standard InChI is InChI=1S/C29H44N2O10Si/c1-18(19(2)32)17-30(21(4)33)27-26(38-16-15-37-8)25(41-42(9,10)29(5,6)7)24(40-27)20(3)39-28(34)22-11-13-23(14-12-22)31(35)36/h11-14,17,20,24-27H,15-16H2,1-10H3/b18-17-/t20-,24+,25+,26+,27?/m0/s1. The summed E-state index contributed by atoms with van der Waals surface area (Å²) in [5.41, 5.74) is 0.313. The zero-order valence-corrected chi connectivity index (χ0v) is 27.2. The molecule has 0 aromatic heterocycles. The van der Waals surface area contributed by atoms with E-state index in [1.807, 2.05) is 0 Å². The zero-order chi connectivity index (χ0) is 32.0. The second-order valence-corrected chi connectivity index (χ2v) is 16.6. The van der Waals surface area contributed by atoms with E-state index in [-0.39, 0.29) is 41.2 Å². The molecule has 1 fully saturated rings. The lowest BCUT2D eigenvalue weighted by Crippen LogP contribution is -2.53. The normalized spacial score (nSPS) is 22.0. The van der Waals surface area contributed by atoms with E-state index in [0.29, 0.717) is 5.57 Å². The summed E-state index contributed by atoms with van der Waals surface area (Å²) in [4.78, 5) is 49.7. The Hall–Kier alpha value is -2.97. The number of carbonyl (C=O) groups excluding carboxylic acids is 3. The van der Waals surface area contributed by atoms with E-state index in [1.165, 1.54) is 49.2 Å². The lowest BCUT2D eigenvalue weighted by atomic mass is 10.1. The highest BCUT2D eigenvalue weighted by Crippen LogP contribution is 2.41. The van der Waals surface area contributed by atoms with Crippen LogP contribution in [0.2, 0.25) is 18.1 Å². The summed E-state index contributed by atoms with van der Waals surface area (Å²) in [6.07, 6.45) is -2.91. The van der Waals surface area contributed by atoms with E-state index in [9.17, 15) is 24.5 Å². The number of esters is 1. The van der Waals surface area contributed by atoms with Gasteiger partial charge in [0, 0.05) is 37.9 Å². The van der Waals surface area contributed by atoms with Crippen LogP contribution in [-0.4, -0.2) is 86.8 Å². The molecule has 42 heavy (non-hydrogen) atoms. The Balaban J connectivity index is 2.54. The van der Waals surface area contributed by atoms with Crippen LogP contribution < -0.4 is 0 Å². The first kappa shape index (κ1) is 35.2. The van der Waals surface area contributed by atoms with Gasteiger partial charge in [-0.05, 0) is 51.0 Å². The van der Waals surface area contributed by atoms with Crippen molar-refractivity contribution in [2.45, 2.75) is 97.2 Å². The van der Waals surface area contributed by atoms with Crippen molar-refractivity contribution in [3.63, 3.8) is 0 Å². The van der Waals surface area contributed by atoms with Gasteiger partial charge in [-0.2, -0.15) is 0 Å². The molecule has 0 bridgehead atoms. The van der Waals surface area contributed by atoms with Crippen molar-refractivity contribution in [2.24, 2.45) is 0 Å². The molecule has 0 saturated carbocycles. The smallest absolute Gasteiger partial charge is 0.338 e. The van der Waals surface area contributed by atoms with Gasteiger partial charge in [-0.25, -0.2) is 4.79 Å². The van der Waals surface area contributed by atoms with Crippen molar-refractivity contribution in [2.75, 3.05) is 20.3 Å². The number of Topliss-reactive ketones (excluding diaryl/α,β-unsaturated/α-hetero) is 1. The Morgan fingerprint density at radius 3 is 2.17 bits per heavy atom. The number of hydrogen-bond acceptors (Lipinski definition) is 10. The Morgan fingerprint density at radius 1 is 1.10 bits per heavy atom. The van der Waals surface area contributed by atoms with Gasteiger partial charge in [-0.1, -0.05) is 20.8 Å². The van der Waals surface area contributed by atoms with Crippen LogP contribution in [0.3, 0.4) is 0 Å². The van der Waals surface area contributed by atoms with E-state index in [0.717, 1.165) is 0 Å². The zero-order valence-electron chi connectivity index (χ0n) is 26.2. The van der Waals surface area contributed by atoms with Crippen LogP contribution in [0, 0.1) is 10.1 Å². The number of nitro benzene ring substituents is 1. The van der Waals surface area contributed by atoms with Crippen molar-refractivity contribution < 1.29 is 42.7 Å². The number of benzene rings is 1. The minimum atomic E-state index is -2.48. The largest absolute Gasteiger partial charge is 0.456 e. The van der Waals surface area contributed by atoms with Gasteiger partial charge in [0.15, 0.2) is 20.3 Å². The molecular weight excluding hydrogens is 564 g/mol. The number of nitrogens with zero attached hydrogens (tertiary/aromatic N) is 2. The second-order valence-electron chi connectivity index (χ2n) is 11.9. The number of amides is 1. The van der Waals surface area contributed by atoms with Crippen molar-refractivity contribution in [1.82, 2.24) is 4.90 Å². The minimum absolute atomic E-state index is 0.127. The fourth-order valence-corrected chi connectivity index (χ4v) is 5.33. The fourth-order valence-electron chi connectivity index (χ4n) is 4.03. The van der Waals surface area contributed by atoms with Crippen molar-refractivity contribution in [1.29, 1.82) is 0 Å². The lowest BCUT2D eigenvalue weighted by Gasteiger charge is -2.41. The first-order chi connectivity index (χ1) is 19.4. The third-order valence-electron chi connectivity index (χ3n) is 7.66. The minimum Gasteiger partial charge on any atom is -0.456 e. The van der Waals surface area contributed by atoms with Gasteiger partial charge >= 0.3 is 5.97 Å². The van der Waals surface area contributed by atoms with E-state index >= 15 is 0 Å². The molecular formula is C29H44N2O10Si. The predicted molar refractivity (Wildman–Crippen MR) is 157 cm³/mol. The number of allylic oxidation sites excluding steroid dienone is 1. The SMILES string of the molecule is COCCO[C@H]1C(N(/C=C(/C)C(C)=O)C(C)=O)O[C@H]([C@H](C)OC(=O)c2ccc([N+](=O)[O-])cc2)[C@H]1O[Si](C)(C)C(C)(C)C. The summed E-state index contributed by atoms with van der Waals surface area (Å²) in [7, 11) is -0.937. The Bertz CT molecular complexity index is 1160. The molecule has 1 heterocycles. The maximum Gasteiger partial charge on any atom is 0.338 e. The van der Waals surface area contributed by atoms with Crippen LogP contribution in [0.5, 0.6) is 0 Å². The lowest BCUT2D eigenvalue weighted by molar-refractivity contribution is -0.384. The molecule has 1 aromatic rings. The molecule has 1 aliphatic heterocycles. The molecule has 1 saturated heterocycles. The number of hydrogen-bond donors (Lipinski definition) is 0. The highest BCUT2D eigenvalue weighted by molar-refractivity contribution is 6.74. The number of nitro groups is 1. The molecule has 1 aromatic carbocycles. The van der Waals surface area contributed by atoms with E-state index in [1.54, 1.807) is 21.0 Å². The fraction of sp³-hybridized carbons (Fsp3) is 0.621. The molecule has 1 amide bonds. The monoisotopic (exact) mass is 608 g/mol. The van der Waals surface area contributed by atoms with Gasteiger partial charge < -0.3 is 23.4 Å². The van der Waals surface area contributed by atoms with Crippen molar-refractivity contribution in [3.8, 4) is 0 Å². The van der Waals surface area contributed by atoms with Crippen LogP contribution in [0.4, 0.5) is 5.69 Å². The van der Waals surface area contributed by atoms with Gasteiger partial charge in [0.1, 0.15) is 24.4 Å². The number of non-ortho nitro benzene ring substituents is 1. The van der Waals surface area contributed by atoms with Crippen LogP contribution in [0.15, 0.2) is 36.0 Å². The first-order valence-corrected chi connectivity index (χ1v) is 16.7. The van der Waals surface area contributed by atoms with Crippen LogP contribution in [0.25, 0.3) is 0 Å². The number of methoxy groups -OCH3 is 1. The molecule has 2 rings (SSSR count). The Labute approximate surface area is 248 Å². The van der Waals surface area contributed by atoms with Gasteiger partial charge in [-0.3, -0.25) is 24.6 Å². The summed E-state index contributed by atoms with van der Waals surface area (Å²) in [6.45, 7) is 16.8. The summed E-state index contributed by atoms with van der Waals surface area (Å²) < 4.78 is 30.5. The van der Waals surface area contributed by atoms with E-state index in [2.05, 4.69) is 33.9 Å². The summed E-state index contributed by atoms with van der Waals surface area (Å²) >= 11 is 0. The van der Waals surface area contributed by atoms with Gasteiger partial charge in [-0.15, -0.1) is 0 Å². The molecule has 0 aliphatic carbocycles.